The summed E-state index contributed by atoms with van der Waals surface area (Å²) in [5.74, 6) is -0.953. The van der Waals surface area contributed by atoms with E-state index in [2.05, 4.69) is 5.32 Å². The number of methoxy groups -OCH3 is 1. The molecule has 1 aliphatic rings. The number of likely N-dealkylation sites (tertiary alicyclic amines) is 1. The molecule has 0 saturated carbocycles. The Morgan fingerprint density at radius 1 is 1.22 bits per heavy atom. The summed E-state index contributed by atoms with van der Waals surface area (Å²) in [6.45, 7) is 11.0. The third kappa shape index (κ3) is 7.53. The number of esters is 1. The van der Waals surface area contributed by atoms with Gasteiger partial charge in [0.2, 0.25) is 5.91 Å². The van der Waals surface area contributed by atoms with E-state index in [0.717, 1.165) is 5.56 Å². The van der Waals surface area contributed by atoms with Gasteiger partial charge in [-0.15, -0.1) is 0 Å². The van der Waals surface area contributed by atoms with Crippen LogP contribution in [0, 0.1) is 0 Å². The zero-order valence-corrected chi connectivity index (χ0v) is 19.9. The molecular formula is C22H35BN2O7. The molecule has 1 aromatic carbocycles. The maximum Gasteiger partial charge on any atom is 0.488 e. The standard InChI is InChI=1S/C20H29BN2O7.C2H6/c1-12-10-15(22-19(26)30-20(2,3)4)17(24)23(12)16(18(25)29-5)11-13-6-8-14(9-7-13)21(27)28;1-2/h6-9,12,15-16,27-28H,10-11H2,1-5H3,(H,22,26);1-2H3/t12?,15?,16-;/m0./s1. The Kier molecular flexibility index (Phi) is 10.2. The fourth-order valence-corrected chi connectivity index (χ4v) is 3.46. The van der Waals surface area contributed by atoms with Gasteiger partial charge in [-0.2, -0.15) is 0 Å². The molecule has 0 bridgehead atoms. The first-order valence-corrected chi connectivity index (χ1v) is 10.8. The number of hydrogen-bond acceptors (Lipinski definition) is 7. The van der Waals surface area contributed by atoms with E-state index in [4.69, 9.17) is 9.47 Å². The van der Waals surface area contributed by atoms with E-state index in [1.165, 1.54) is 24.1 Å². The van der Waals surface area contributed by atoms with Crippen LogP contribution in [0.15, 0.2) is 24.3 Å². The number of carbonyl (C=O) groups excluding carboxylic acids is 3. The van der Waals surface area contributed by atoms with Crippen LogP contribution in [0.5, 0.6) is 0 Å². The Labute approximate surface area is 190 Å². The summed E-state index contributed by atoms with van der Waals surface area (Å²) in [6, 6.07) is 4.41. The lowest BCUT2D eigenvalue weighted by atomic mass is 9.80. The number of hydrogen-bond donors (Lipinski definition) is 3. The normalized spacial score (nSPS) is 18.9. The van der Waals surface area contributed by atoms with Gasteiger partial charge in [0, 0.05) is 12.5 Å². The minimum atomic E-state index is -1.59. The van der Waals surface area contributed by atoms with E-state index >= 15 is 0 Å². The molecule has 32 heavy (non-hydrogen) atoms. The second kappa shape index (κ2) is 11.9. The van der Waals surface area contributed by atoms with Gasteiger partial charge in [0.25, 0.3) is 0 Å². The highest BCUT2D eigenvalue weighted by atomic mass is 16.6. The van der Waals surface area contributed by atoms with E-state index < -0.39 is 36.9 Å². The molecule has 0 aromatic heterocycles. The van der Waals surface area contributed by atoms with Gasteiger partial charge in [0.05, 0.1) is 7.11 Å². The Bertz CT molecular complexity index is 777. The summed E-state index contributed by atoms with van der Waals surface area (Å²) in [7, 11) is -0.335. The summed E-state index contributed by atoms with van der Waals surface area (Å²) < 4.78 is 10.1. The van der Waals surface area contributed by atoms with Crippen molar-refractivity contribution in [3.63, 3.8) is 0 Å². The smallest absolute Gasteiger partial charge is 0.467 e. The van der Waals surface area contributed by atoms with E-state index in [1.54, 1.807) is 39.8 Å². The Balaban J connectivity index is 0.00000249. The zero-order chi connectivity index (χ0) is 24.6. The van der Waals surface area contributed by atoms with Crippen molar-refractivity contribution in [1.29, 1.82) is 0 Å². The molecule has 0 spiro atoms. The Morgan fingerprint density at radius 3 is 2.25 bits per heavy atom. The van der Waals surface area contributed by atoms with Crippen molar-refractivity contribution in [2.45, 2.75) is 78.1 Å². The van der Waals surface area contributed by atoms with Crippen molar-refractivity contribution in [3.05, 3.63) is 29.8 Å². The summed E-state index contributed by atoms with van der Waals surface area (Å²) in [5.41, 5.74) is 0.346. The predicted molar refractivity (Wildman–Crippen MR) is 121 cm³/mol. The molecule has 9 nitrogen and oxygen atoms in total. The van der Waals surface area contributed by atoms with E-state index in [-0.39, 0.29) is 18.4 Å². The van der Waals surface area contributed by atoms with Gasteiger partial charge < -0.3 is 29.7 Å². The van der Waals surface area contributed by atoms with E-state index in [9.17, 15) is 24.4 Å². The fourth-order valence-electron chi connectivity index (χ4n) is 3.46. The van der Waals surface area contributed by atoms with Crippen molar-refractivity contribution in [1.82, 2.24) is 10.2 Å². The van der Waals surface area contributed by atoms with Crippen LogP contribution in [0.3, 0.4) is 0 Å². The largest absolute Gasteiger partial charge is 0.488 e. The number of carbonyl (C=O) groups is 3. The highest BCUT2D eigenvalue weighted by Gasteiger charge is 2.44. The number of nitrogens with one attached hydrogen (secondary N) is 1. The van der Waals surface area contributed by atoms with Crippen LogP contribution in [0.1, 0.15) is 53.5 Å². The Morgan fingerprint density at radius 2 is 1.78 bits per heavy atom. The van der Waals surface area contributed by atoms with Gasteiger partial charge in [-0.1, -0.05) is 38.1 Å². The number of benzene rings is 1. The molecule has 1 aliphatic heterocycles. The highest BCUT2D eigenvalue weighted by molar-refractivity contribution is 6.58. The molecule has 1 aromatic rings. The summed E-state index contributed by atoms with van der Waals surface area (Å²) in [5, 5.41) is 21.0. The van der Waals surface area contributed by atoms with Gasteiger partial charge in [-0.3, -0.25) is 4.79 Å². The lowest BCUT2D eigenvalue weighted by Crippen LogP contribution is -2.50. The van der Waals surface area contributed by atoms with Crippen molar-refractivity contribution >= 4 is 30.6 Å². The molecule has 3 N–H and O–H groups in total. The van der Waals surface area contributed by atoms with Gasteiger partial charge in [-0.25, -0.2) is 9.59 Å². The SMILES string of the molecule is CC.COC(=O)[C@H](Cc1ccc(B(O)O)cc1)N1C(=O)C(NC(=O)OC(C)(C)C)CC1C. The zero-order valence-electron chi connectivity index (χ0n) is 19.9. The van der Waals surface area contributed by atoms with Gasteiger partial charge >= 0.3 is 19.2 Å². The summed E-state index contributed by atoms with van der Waals surface area (Å²) in [6.07, 6.45) is -0.173. The lowest BCUT2D eigenvalue weighted by molar-refractivity contribution is -0.152. The second-order valence-electron chi connectivity index (χ2n) is 8.39. The second-order valence-corrected chi connectivity index (χ2v) is 8.39. The average Bonchev–Trinajstić information content (AvgIpc) is 2.99. The molecule has 1 fully saturated rings. The first kappa shape index (κ1) is 27.4. The predicted octanol–water partition coefficient (Wildman–Crippen LogP) is 0.991. The monoisotopic (exact) mass is 450 g/mol. The molecule has 3 atom stereocenters. The van der Waals surface area contributed by atoms with Crippen molar-refractivity contribution in [2.24, 2.45) is 0 Å². The average molecular weight is 450 g/mol. The number of ether oxygens (including phenoxy) is 2. The van der Waals surface area contributed by atoms with Crippen LogP contribution in [0.2, 0.25) is 0 Å². The number of amides is 2. The van der Waals surface area contributed by atoms with Gasteiger partial charge in [-0.05, 0) is 45.1 Å². The first-order chi connectivity index (χ1) is 14.9. The summed E-state index contributed by atoms with van der Waals surface area (Å²) in [4.78, 5) is 39.0. The third-order valence-corrected chi connectivity index (χ3v) is 4.81. The quantitative estimate of drug-likeness (QED) is 0.436. The number of alkyl carbamates (subject to hydrolysis) is 1. The first-order valence-electron chi connectivity index (χ1n) is 10.8. The van der Waals surface area contributed by atoms with Gasteiger partial charge in [0.15, 0.2) is 0 Å². The fraction of sp³-hybridized carbons (Fsp3) is 0.591. The highest BCUT2D eigenvalue weighted by Crippen LogP contribution is 2.25. The molecule has 1 heterocycles. The molecule has 1 saturated heterocycles. The molecule has 2 amide bonds. The van der Waals surface area contributed by atoms with Crippen LogP contribution < -0.4 is 10.8 Å². The van der Waals surface area contributed by atoms with Crippen molar-refractivity contribution in [3.8, 4) is 0 Å². The van der Waals surface area contributed by atoms with Crippen molar-refractivity contribution < 1.29 is 33.9 Å². The molecule has 2 rings (SSSR count). The van der Waals surface area contributed by atoms with Crippen molar-refractivity contribution in [2.75, 3.05) is 7.11 Å². The van der Waals surface area contributed by atoms with Crippen LogP contribution in [0.4, 0.5) is 4.79 Å². The molecular weight excluding hydrogens is 415 g/mol. The lowest BCUT2D eigenvalue weighted by Gasteiger charge is -2.30. The topological polar surface area (TPSA) is 125 Å². The minimum Gasteiger partial charge on any atom is -0.467 e. The van der Waals surface area contributed by atoms with Gasteiger partial charge in [0.1, 0.15) is 17.7 Å². The van der Waals surface area contributed by atoms with Crippen LogP contribution in [-0.2, 0) is 25.5 Å². The maximum absolute atomic E-state index is 13.0. The molecule has 0 radical (unpaired) electrons. The molecule has 178 valence electrons. The van der Waals surface area contributed by atoms with E-state index in [0.29, 0.717) is 11.9 Å². The minimum absolute atomic E-state index is 0.184. The maximum atomic E-state index is 13.0. The van der Waals surface area contributed by atoms with Crippen LogP contribution in [0.25, 0.3) is 0 Å². The van der Waals surface area contributed by atoms with Crippen LogP contribution in [-0.4, -0.2) is 70.9 Å². The molecule has 2 unspecified atom stereocenters. The molecule has 10 heteroatoms. The van der Waals surface area contributed by atoms with Crippen LogP contribution >= 0.6 is 0 Å². The third-order valence-electron chi connectivity index (χ3n) is 4.81. The number of rotatable bonds is 6. The Hall–Kier alpha value is -2.59. The summed E-state index contributed by atoms with van der Waals surface area (Å²) >= 11 is 0. The molecule has 0 aliphatic carbocycles. The number of nitrogens with zero attached hydrogens (tertiary/aromatic N) is 1. The van der Waals surface area contributed by atoms with E-state index in [1.807, 2.05) is 13.8 Å².